The Bertz CT molecular complexity index is 245. The molecule has 1 atom stereocenters. The topological polar surface area (TPSA) is 38.9 Å². The Kier molecular flexibility index (Phi) is 4.39. The Morgan fingerprint density at radius 1 is 1.62 bits per heavy atom. The van der Waals surface area contributed by atoms with Gasteiger partial charge in [0.15, 0.2) is 0 Å². The van der Waals surface area contributed by atoms with Crippen LogP contribution in [0.25, 0.3) is 0 Å². The van der Waals surface area contributed by atoms with Gasteiger partial charge in [-0.25, -0.2) is 4.98 Å². The number of nitrogens with two attached hydrogens (primary N) is 1. The van der Waals surface area contributed by atoms with Crippen LogP contribution in [0, 0.1) is 5.92 Å². The molecule has 1 aromatic rings. The Morgan fingerprint density at radius 2 is 2.38 bits per heavy atom. The van der Waals surface area contributed by atoms with E-state index < -0.39 is 0 Å². The van der Waals surface area contributed by atoms with E-state index in [1.54, 1.807) is 11.3 Å². The average Bonchev–Trinajstić information content (AvgIpc) is 2.53. The smallest absolute Gasteiger partial charge is 0.0928 e. The van der Waals surface area contributed by atoms with Gasteiger partial charge in [-0.2, -0.15) is 0 Å². The Hall–Kier alpha value is -0.410. The van der Waals surface area contributed by atoms with Crippen molar-refractivity contribution in [2.24, 2.45) is 11.7 Å². The number of hydrogen-bond acceptors (Lipinski definition) is 3. The highest BCUT2D eigenvalue weighted by atomic mass is 32.1. The van der Waals surface area contributed by atoms with Crippen molar-refractivity contribution in [1.29, 1.82) is 0 Å². The molecule has 1 aromatic heterocycles. The van der Waals surface area contributed by atoms with Crippen molar-refractivity contribution in [1.82, 2.24) is 4.98 Å². The van der Waals surface area contributed by atoms with E-state index in [1.807, 2.05) is 0 Å². The zero-order valence-corrected chi connectivity index (χ0v) is 9.23. The maximum absolute atomic E-state index is 5.56. The van der Waals surface area contributed by atoms with Crippen LogP contribution in [0.4, 0.5) is 0 Å². The van der Waals surface area contributed by atoms with Gasteiger partial charge >= 0.3 is 0 Å². The summed E-state index contributed by atoms with van der Waals surface area (Å²) in [6.07, 6.45) is 3.32. The number of aryl methyl sites for hydroxylation is 1. The van der Waals surface area contributed by atoms with E-state index >= 15 is 0 Å². The lowest BCUT2D eigenvalue weighted by molar-refractivity contribution is 0.585. The summed E-state index contributed by atoms with van der Waals surface area (Å²) in [6, 6.07) is 0. The third-order valence-corrected chi connectivity index (χ3v) is 2.98. The fourth-order valence-electron chi connectivity index (χ4n) is 1.21. The minimum absolute atomic E-state index is 0.552. The quantitative estimate of drug-likeness (QED) is 0.788. The van der Waals surface area contributed by atoms with Gasteiger partial charge in [-0.3, -0.25) is 0 Å². The first-order chi connectivity index (χ1) is 6.26. The van der Waals surface area contributed by atoms with Crippen LogP contribution >= 0.6 is 11.3 Å². The molecule has 0 aliphatic rings. The molecule has 2 nitrogen and oxygen atoms in total. The van der Waals surface area contributed by atoms with Crippen molar-refractivity contribution in [2.45, 2.75) is 33.1 Å². The van der Waals surface area contributed by atoms with Gasteiger partial charge in [-0.05, 0) is 31.7 Å². The summed E-state index contributed by atoms with van der Waals surface area (Å²) in [5, 5.41) is 3.43. The molecule has 0 bridgehead atoms. The van der Waals surface area contributed by atoms with Crippen LogP contribution in [0.1, 0.15) is 31.0 Å². The summed E-state index contributed by atoms with van der Waals surface area (Å²) in [6.45, 7) is 5.10. The fraction of sp³-hybridized carbons (Fsp3) is 0.700. The van der Waals surface area contributed by atoms with Crippen LogP contribution in [-0.2, 0) is 12.8 Å². The summed E-state index contributed by atoms with van der Waals surface area (Å²) in [4.78, 5) is 4.55. The van der Waals surface area contributed by atoms with E-state index in [-0.39, 0.29) is 0 Å². The van der Waals surface area contributed by atoms with Crippen LogP contribution in [-0.4, -0.2) is 11.5 Å². The molecular weight excluding hydrogens is 180 g/mol. The normalized spacial score (nSPS) is 13.2. The first-order valence-corrected chi connectivity index (χ1v) is 5.77. The molecule has 0 saturated heterocycles. The van der Waals surface area contributed by atoms with Gasteiger partial charge in [-0.15, -0.1) is 11.3 Å². The van der Waals surface area contributed by atoms with Crippen LogP contribution in [0.2, 0.25) is 0 Å². The largest absolute Gasteiger partial charge is 0.330 e. The number of nitrogens with zero attached hydrogens (tertiary/aromatic N) is 1. The zero-order chi connectivity index (χ0) is 9.68. The first-order valence-electron chi connectivity index (χ1n) is 4.89. The summed E-state index contributed by atoms with van der Waals surface area (Å²) in [5.41, 5.74) is 6.78. The molecule has 2 N–H and O–H groups in total. The predicted molar refractivity (Wildman–Crippen MR) is 58.0 cm³/mol. The van der Waals surface area contributed by atoms with E-state index in [4.69, 9.17) is 5.73 Å². The van der Waals surface area contributed by atoms with Crippen LogP contribution in [0.15, 0.2) is 5.38 Å². The second kappa shape index (κ2) is 5.35. The van der Waals surface area contributed by atoms with E-state index in [1.165, 1.54) is 17.1 Å². The first kappa shape index (κ1) is 10.7. The number of thiazole rings is 1. The van der Waals surface area contributed by atoms with Gasteiger partial charge in [-0.1, -0.05) is 13.8 Å². The molecule has 1 unspecified atom stereocenters. The van der Waals surface area contributed by atoms with Crippen molar-refractivity contribution in [3.8, 4) is 0 Å². The molecule has 0 aromatic carbocycles. The second-order valence-corrected chi connectivity index (χ2v) is 4.47. The third kappa shape index (κ3) is 3.44. The Morgan fingerprint density at radius 3 is 3.00 bits per heavy atom. The van der Waals surface area contributed by atoms with Crippen LogP contribution in [0.5, 0.6) is 0 Å². The standard InChI is InChI=1S/C10H18N2S/c1-3-4-10-12-9(7-13-10)5-8(2)6-11/h7-8H,3-6,11H2,1-2H3. The number of hydrogen-bond donors (Lipinski definition) is 1. The summed E-state index contributed by atoms with van der Waals surface area (Å²) < 4.78 is 0. The summed E-state index contributed by atoms with van der Waals surface area (Å²) in [5.74, 6) is 0.552. The van der Waals surface area contributed by atoms with Crippen molar-refractivity contribution in [2.75, 3.05) is 6.54 Å². The molecular formula is C10H18N2S. The SMILES string of the molecule is CCCc1nc(CC(C)CN)cs1. The molecule has 0 spiro atoms. The third-order valence-electron chi connectivity index (χ3n) is 2.02. The molecule has 3 heteroatoms. The van der Waals surface area contributed by atoms with E-state index in [2.05, 4.69) is 24.2 Å². The Labute approximate surface area is 84.2 Å². The number of aromatic nitrogens is 1. The molecule has 0 radical (unpaired) electrons. The van der Waals surface area contributed by atoms with Crippen LogP contribution < -0.4 is 5.73 Å². The van der Waals surface area contributed by atoms with Gasteiger partial charge < -0.3 is 5.73 Å². The zero-order valence-electron chi connectivity index (χ0n) is 8.42. The number of rotatable bonds is 5. The van der Waals surface area contributed by atoms with Crippen molar-refractivity contribution < 1.29 is 0 Å². The monoisotopic (exact) mass is 198 g/mol. The lowest BCUT2D eigenvalue weighted by Gasteiger charge is -2.03. The minimum atomic E-state index is 0.552. The highest BCUT2D eigenvalue weighted by Crippen LogP contribution is 2.14. The molecule has 0 aliphatic carbocycles. The summed E-state index contributed by atoms with van der Waals surface area (Å²) in [7, 11) is 0. The fourth-order valence-corrected chi connectivity index (χ4v) is 2.12. The molecule has 1 rings (SSSR count). The maximum Gasteiger partial charge on any atom is 0.0928 e. The van der Waals surface area contributed by atoms with Gasteiger partial charge in [0.05, 0.1) is 10.7 Å². The second-order valence-electron chi connectivity index (χ2n) is 3.53. The van der Waals surface area contributed by atoms with Gasteiger partial charge in [0.1, 0.15) is 0 Å². The van der Waals surface area contributed by atoms with Crippen molar-refractivity contribution in [3.05, 3.63) is 16.1 Å². The molecule has 0 fully saturated rings. The molecule has 0 saturated carbocycles. The van der Waals surface area contributed by atoms with E-state index in [0.29, 0.717) is 5.92 Å². The lowest BCUT2D eigenvalue weighted by atomic mass is 10.1. The van der Waals surface area contributed by atoms with Gasteiger partial charge in [0.2, 0.25) is 0 Å². The minimum Gasteiger partial charge on any atom is -0.330 e. The maximum atomic E-state index is 5.56. The highest BCUT2D eigenvalue weighted by molar-refractivity contribution is 7.09. The van der Waals surface area contributed by atoms with Crippen molar-refractivity contribution >= 4 is 11.3 Å². The van der Waals surface area contributed by atoms with Crippen molar-refractivity contribution in [3.63, 3.8) is 0 Å². The molecule has 0 aliphatic heterocycles. The lowest BCUT2D eigenvalue weighted by Crippen LogP contribution is -2.13. The van der Waals surface area contributed by atoms with E-state index in [9.17, 15) is 0 Å². The molecule has 0 amide bonds. The van der Waals surface area contributed by atoms with Crippen LogP contribution in [0.3, 0.4) is 0 Å². The molecule has 1 heterocycles. The predicted octanol–water partition coefficient (Wildman–Crippen LogP) is 2.23. The average molecular weight is 198 g/mol. The highest BCUT2D eigenvalue weighted by Gasteiger charge is 2.05. The summed E-state index contributed by atoms with van der Waals surface area (Å²) >= 11 is 1.77. The van der Waals surface area contributed by atoms with Gasteiger partial charge in [0, 0.05) is 5.38 Å². The van der Waals surface area contributed by atoms with Gasteiger partial charge in [0.25, 0.3) is 0 Å². The Balaban J connectivity index is 2.48. The molecule has 13 heavy (non-hydrogen) atoms. The van der Waals surface area contributed by atoms with E-state index in [0.717, 1.165) is 19.4 Å². The molecule has 74 valence electrons.